The number of nitrogens with zero attached hydrogens (tertiary/aromatic N) is 2. The summed E-state index contributed by atoms with van der Waals surface area (Å²) in [5.41, 5.74) is 2.50. The second-order valence-electron chi connectivity index (χ2n) is 6.51. The van der Waals surface area contributed by atoms with Gasteiger partial charge < -0.3 is 9.84 Å². The van der Waals surface area contributed by atoms with Gasteiger partial charge in [-0.25, -0.2) is 14.2 Å². The zero-order chi connectivity index (χ0) is 22.0. The maximum absolute atomic E-state index is 14.9. The highest BCUT2D eigenvalue weighted by Crippen LogP contribution is 2.37. The molecular formula is C21H14Br2FN3O4. The summed E-state index contributed by atoms with van der Waals surface area (Å²) in [7, 11) is 0. The minimum atomic E-state index is -0.715. The molecule has 31 heavy (non-hydrogen) atoms. The first-order valence-corrected chi connectivity index (χ1v) is 10.6. The zero-order valence-corrected chi connectivity index (χ0v) is 18.9. The van der Waals surface area contributed by atoms with Gasteiger partial charge >= 0.3 is 5.76 Å². The lowest BCUT2D eigenvalue weighted by atomic mass is 10.1. The van der Waals surface area contributed by atoms with Gasteiger partial charge in [0.1, 0.15) is 18.1 Å². The van der Waals surface area contributed by atoms with Crippen molar-refractivity contribution < 1.29 is 18.8 Å². The van der Waals surface area contributed by atoms with Gasteiger partial charge in [-0.05, 0) is 39.7 Å². The Morgan fingerprint density at radius 1 is 1.16 bits per heavy atom. The van der Waals surface area contributed by atoms with Crippen molar-refractivity contribution in [1.82, 2.24) is 15.1 Å². The molecule has 4 aromatic rings. The van der Waals surface area contributed by atoms with Crippen molar-refractivity contribution in [3.8, 4) is 22.8 Å². The lowest BCUT2D eigenvalue weighted by Crippen LogP contribution is -2.04. The third-order valence-electron chi connectivity index (χ3n) is 4.41. The molecule has 2 heterocycles. The number of rotatable bonds is 6. The third kappa shape index (κ3) is 4.70. The molecule has 2 aromatic heterocycles. The Morgan fingerprint density at radius 2 is 1.94 bits per heavy atom. The molecule has 0 radical (unpaired) electrons. The highest BCUT2D eigenvalue weighted by atomic mass is 79.9. The van der Waals surface area contributed by atoms with Crippen molar-refractivity contribution >= 4 is 31.9 Å². The van der Waals surface area contributed by atoms with Crippen LogP contribution in [0.5, 0.6) is 11.5 Å². The lowest BCUT2D eigenvalue weighted by Gasteiger charge is -2.13. The molecule has 0 aliphatic carbocycles. The van der Waals surface area contributed by atoms with Crippen LogP contribution in [0.15, 0.2) is 66.8 Å². The number of aromatic amines is 1. The van der Waals surface area contributed by atoms with E-state index in [0.717, 1.165) is 5.56 Å². The summed E-state index contributed by atoms with van der Waals surface area (Å²) in [4.78, 5) is 17.9. The Bertz CT molecular complexity index is 1290. The summed E-state index contributed by atoms with van der Waals surface area (Å²) in [6, 6.07) is 14.1. The Morgan fingerprint density at radius 3 is 2.65 bits per heavy atom. The molecule has 2 aromatic carbocycles. The summed E-state index contributed by atoms with van der Waals surface area (Å²) in [6.45, 7) is -0.166. The van der Waals surface area contributed by atoms with Crippen molar-refractivity contribution in [2.24, 2.45) is 0 Å². The van der Waals surface area contributed by atoms with Gasteiger partial charge in [-0.1, -0.05) is 51.4 Å². The van der Waals surface area contributed by atoms with E-state index in [-0.39, 0.29) is 28.4 Å². The number of aromatic hydroxyl groups is 1. The number of H-pyrrole nitrogens is 1. The summed E-state index contributed by atoms with van der Waals surface area (Å²) in [6.07, 6.45) is 0.301. The maximum atomic E-state index is 14.9. The summed E-state index contributed by atoms with van der Waals surface area (Å²) < 4.78 is 25.5. The number of hydrogen-bond acceptors (Lipinski definition) is 6. The van der Waals surface area contributed by atoms with Crippen LogP contribution in [-0.4, -0.2) is 20.2 Å². The molecule has 0 saturated heterocycles. The van der Waals surface area contributed by atoms with E-state index in [2.05, 4.69) is 51.5 Å². The predicted molar refractivity (Wildman–Crippen MR) is 117 cm³/mol. The van der Waals surface area contributed by atoms with Crippen LogP contribution in [0.25, 0.3) is 11.3 Å². The van der Waals surface area contributed by atoms with Crippen LogP contribution < -0.4 is 10.5 Å². The molecule has 0 bridgehead atoms. The van der Waals surface area contributed by atoms with Crippen molar-refractivity contribution in [2.75, 3.05) is 0 Å². The molecular weight excluding hydrogens is 537 g/mol. The van der Waals surface area contributed by atoms with Crippen molar-refractivity contribution in [2.45, 2.75) is 13.0 Å². The molecule has 0 spiro atoms. The Kier molecular flexibility index (Phi) is 6.19. The summed E-state index contributed by atoms with van der Waals surface area (Å²) in [5.74, 6) is -1.15. The van der Waals surface area contributed by atoms with Crippen molar-refractivity contribution in [3.05, 3.63) is 90.9 Å². The van der Waals surface area contributed by atoms with Gasteiger partial charge in [0, 0.05) is 22.2 Å². The molecule has 0 atom stereocenters. The van der Waals surface area contributed by atoms with E-state index in [1.165, 1.54) is 6.07 Å². The average molecular weight is 551 g/mol. The maximum Gasteiger partial charge on any atom is 0.439 e. The molecule has 10 heteroatoms. The van der Waals surface area contributed by atoms with E-state index >= 15 is 0 Å². The average Bonchev–Trinajstić information content (AvgIpc) is 3.19. The molecule has 0 aliphatic rings. The topological polar surface area (TPSA) is 101 Å². The van der Waals surface area contributed by atoms with Crippen LogP contribution in [0.4, 0.5) is 4.39 Å². The second kappa shape index (κ2) is 9.03. The van der Waals surface area contributed by atoms with E-state index < -0.39 is 11.6 Å². The standard InChI is InChI=1S/C21H14Br2FN3O4/c22-14-9-16(30-10-17-26-21(29)31-27-17)19(24)18(23)13(14)8-12-6-7-15(28)20(25-12)11-4-2-1-3-5-11/h1-7,9,28H,8,10H2,(H,26,27,29). The van der Waals surface area contributed by atoms with Gasteiger partial charge in [0.2, 0.25) is 0 Å². The fraction of sp³-hybridized carbons (Fsp3) is 0.0952. The molecule has 0 unspecified atom stereocenters. The Labute approximate surface area is 192 Å². The van der Waals surface area contributed by atoms with Gasteiger partial charge in [-0.15, -0.1) is 0 Å². The second-order valence-corrected chi connectivity index (χ2v) is 8.15. The van der Waals surface area contributed by atoms with Gasteiger partial charge in [0.25, 0.3) is 0 Å². The van der Waals surface area contributed by atoms with Crippen LogP contribution in [0, 0.1) is 5.82 Å². The minimum Gasteiger partial charge on any atom is -0.506 e. The fourth-order valence-corrected chi connectivity index (χ4v) is 4.29. The number of halogens is 3. The number of nitrogens with one attached hydrogen (secondary N) is 1. The molecule has 4 rings (SSSR count). The highest BCUT2D eigenvalue weighted by Gasteiger charge is 2.19. The van der Waals surface area contributed by atoms with Gasteiger partial charge in [-0.3, -0.25) is 9.51 Å². The molecule has 0 fully saturated rings. The van der Waals surface area contributed by atoms with E-state index in [0.29, 0.717) is 27.8 Å². The minimum absolute atomic E-state index is 0.0324. The molecule has 0 amide bonds. The number of hydrogen-bond donors (Lipinski definition) is 2. The van der Waals surface area contributed by atoms with Gasteiger partial charge in [0.15, 0.2) is 17.4 Å². The Balaban J connectivity index is 1.60. The first kappa shape index (κ1) is 21.3. The van der Waals surface area contributed by atoms with Crippen LogP contribution in [-0.2, 0) is 13.0 Å². The van der Waals surface area contributed by atoms with E-state index in [4.69, 9.17) is 4.74 Å². The van der Waals surface area contributed by atoms with Crippen LogP contribution in [0.3, 0.4) is 0 Å². The number of aromatic nitrogens is 3. The first-order chi connectivity index (χ1) is 14.9. The van der Waals surface area contributed by atoms with E-state index in [1.54, 1.807) is 12.1 Å². The normalized spacial score (nSPS) is 10.9. The smallest absolute Gasteiger partial charge is 0.439 e. The predicted octanol–water partition coefficient (Wildman–Crippen LogP) is 4.96. The quantitative estimate of drug-likeness (QED) is 0.329. The third-order valence-corrected chi connectivity index (χ3v) is 5.94. The van der Waals surface area contributed by atoms with E-state index in [9.17, 15) is 14.3 Å². The monoisotopic (exact) mass is 549 g/mol. The number of ether oxygens (including phenoxy) is 1. The summed E-state index contributed by atoms with van der Waals surface area (Å²) >= 11 is 6.75. The molecule has 7 nitrogen and oxygen atoms in total. The van der Waals surface area contributed by atoms with Crippen LogP contribution in [0.1, 0.15) is 17.1 Å². The summed E-state index contributed by atoms with van der Waals surface area (Å²) in [5, 5.41) is 13.7. The highest BCUT2D eigenvalue weighted by molar-refractivity contribution is 9.11. The molecule has 158 valence electrons. The molecule has 0 saturated carbocycles. The SMILES string of the molecule is O=c1[nH]c(COc2cc(Br)c(Cc3ccc(O)c(-c4ccccc4)n3)c(Br)c2F)no1. The number of benzene rings is 2. The Hall–Kier alpha value is -2.98. The number of pyridine rings is 1. The molecule has 0 aliphatic heterocycles. The van der Waals surface area contributed by atoms with Crippen molar-refractivity contribution in [1.29, 1.82) is 0 Å². The lowest BCUT2D eigenvalue weighted by molar-refractivity contribution is 0.271. The first-order valence-electron chi connectivity index (χ1n) is 9.00. The van der Waals surface area contributed by atoms with Crippen molar-refractivity contribution in [3.63, 3.8) is 0 Å². The van der Waals surface area contributed by atoms with Crippen LogP contribution >= 0.6 is 31.9 Å². The molecule has 2 N–H and O–H groups in total. The van der Waals surface area contributed by atoms with Crippen LogP contribution in [0.2, 0.25) is 0 Å². The van der Waals surface area contributed by atoms with Gasteiger partial charge in [0.05, 0.1) is 4.47 Å². The van der Waals surface area contributed by atoms with Gasteiger partial charge in [-0.2, -0.15) is 0 Å². The van der Waals surface area contributed by atoms with E-state index in [1.807, 2.05) is 30.3 Å². The fourth-order valence-electron chi connectivity index (χ4n) is 2.93. The zero-order valence-electron chi connectivity index (χ0n) is 15.7. The largest absolute Gasteiger partial charge is 0.506 e.